The molecule has 0 aliphatic carbocycles. The summed E-state index contributed by atoms with van der Waals surface area (Å²) in [4.78, 5) is 39.1. The summed E-state index contributed by atoms with van der Waals surface area (Å²) in [6.45, 7) is 0.989. The van der Waals surface area contributed by atoms with Crippen molar-refractivity contribution in [2.45, 2.75) is 31.8 Å². The molecular formula is C24H23Cl2N3O5. The van der Waals surface area contributed by atoms with Crippen LogP contribution in [0.4, 0.5) is 0 Å². The maximum atomic E-state index is 13.1. The van der Waals surface area contributed by atoms with Crippen LogP contribution in [0.1, 0.15) is 44.7 Å². The minimum Gasteiger partial charge on any atom is -0.480 e. The van der Waals surface area contributed by atoms with E-state index in [-0.39, 0.29) is 34.5 Å². The van der Waals surface area contributed by atoms with Gasteiger partial charge in [-0.05, 0) is 61.2 Å². The first kappa shape index (κ1) is 24.1. The number of carboxylic acid groups (broad SMARTS) is 1. The van der Waals surface area contributed by atoms with Crippen molar-refractivity contribution in [2.75, 3.05) is 13.1 Å². The van der Waals surface area contributed by atoms with Crippen LogP contribution in [0, 0.1) is 0 Å². The molecule has 34 heavy (non-hydrogen) atoms. The number of hydrogen-bond donors (Lipinski definition) is 3. The third-order valence-corrected chi connectivity index (χ3v) is 6.64. The number of carbonyl (C=O) groups is 3. The van der Waals surface area contributed by atoms with E-state index < -0.39 is 17.9 Å². The van der Waals surface area contributed by atoms with Crippen molar-refractivity contribution in [3.8, 4) is 0 Å². The number of nitrogens with two attached hydrogens (primary N) is 1. The maximum Gasteiger partial charge on any atom is 0.326 e. The highest BCUT2D eigenvalue weighted by Crippen LogP contribution is 2.35. The lowest BCUT2D eigenvalue weighted by Crippen LogP contribution is -2.41. The van der Waals surface area contributed by atoms with Crippen molar-refractivity contribution in [1.82, 2.24) is 10.2 Å². The molecule has 0 saturated heterocycles. The monoisotopic (exact) mass is 503 g/mol. The van der Waals surface area contributed by atoms with E-state index in [0.717, 1.165) is 16.5 Å². The number of amides is 2. The maximum absolute atomic E-state index is 13.1. The van der Waals surface area contributed by atoms with E-state index in [0.29, 0.717) is 37.1 Å². The van der Waals surface area contributed by atoms with Crippen molar-refractivity contribution >= 4 is 52.0 Å². The molecule has 178 valence electrons. The van der Waals surface area contributed by atoms with Crippen LogP contribution in [0.2, 0.25) is 10.0 Å². The van der Waals surface area contributed by atoms with E-state index in [2.05, 4.69) is 5.32 Å². The number of rotatable bonds is 7. The van der Waals surface area contributed by atoms with Crippen LogP contribution < -0.4 is 11.1 Å². The Labute approximate surface area is 205 Å². The molecule has 8 nitrogen and oxygen atoms in total. The van der Waals surface area contributed by atoms with Crippen LogP contribution in [0.25, 0.3) is 11.0 Å². The minimum atomic E-state index is -1.16. The molecule has 1 atom stereocenters. The molecule has 2 heterocycles. The highest BCUT2D eigenvalue weighted by Gasteiger charge is 2.29. The average Bonchev–Trinajstić information content (AvgIpc) is 3.28. The van der Waals surface area contributed by atoms with Crippen molar-refractivity contribution in [3.63, 3.8) is 0 Å². The number of aliphatic carboxylic acids is 1. The first-order valence-corrected chi connectivity index (χ1v) is 11.6. The number of nitrogens with one attached hydrogen (secondary N) is 1. The molecule has 2 amide bonds. The molecule has 0 bridgehead atoms. The van der Waals surface area contributed by atoms with Crippen LogP contribution in [0.15, 0.2) is 41.0 Å². The molecule has 1 aliphatic heterocycles. The number of furan rings is 1. The number of fused-ring (bicyclic) bond motifs is 2. The molecule has 4 N–H and O–H groups in total. The van der Waals surface area contributed by atoms with E-state index in [1.54, 1.807) is 29.4 Å². The normalized spacial score (nSPS) is 14.0. The standard InChI is InChI=1S/C24H23Cl2N3O5/c25-17-10-15-12-29(23(31)14-4-3-13-6-9-34-19(13)11-14)8-5-16(15)21(26)20(17)22(30)28-18(24(32)33)2-1-7-27/h3-4,6,9-11,18H,1-2,5,7-8,12,27H2,(H,28,30)(H,32,33)/t18-/m0/s1. The van der Waals surface area contributed by atoms with Gasteiger partial charge in [-0.1, -0.05) is 29.3 Å². The topological polar surface area (TPSA) is 126 Å². The van der Waals surface area contributed by atoms with E-state index in [1.807, 2.05) is 12.1 Å². The van der Waals surface area contributed by atoms with E-state index in [4.69, 9.17) is 33.4 Å². The van der Waals surface area contributed by atoms with Crippen LogP contribution >= 0.6 is 23.2 Å². The summed E-state index contributed by atoms with van der Waals surface area (Å²) in [5.41, 5.74) is 8.09. The van der Waals surface area contributed by atoms with Gasteiger partial charge >= 0.3 is 5.97 Å². The Hall–Kier alpha value is -3.07. The van der Waals surface area contributed by atoms with Crippen LogP contribution in [-0.4, -0.2) is 46.9 Å². The highest BCUT2D eigenvalue weighted by atomic mass is 35.5. The molecule has 0 spiro atoms. The molecule has 10 heteroatoms. The second-order valence-electron chi connectivity index (χ2n) is 8.13. The van der Waals surface area contributed by atoms with Crippen LogP contribution in [0.3, 0.4) is 0 Å². The number of benzene rings is 2. The third kappa shape index (κ3) is 4.75. The Kier molecular flexibility index (Phi) is 7.11. The zero-order chi connectivity index (χ0) is 24.4. The first-order chi connectivity index (χ1) is 16.3. The van der Waals surface area contributed by atoms with Gasteiger partial charge in [0.05, 0.1) is 21.9 Å². The molecule has 1 aliphatic rings. The van der Waals surface area contributed by atoms with Gasteiger partial charge in [-0.25, -0.2) is 4.79 Å². The van der Waals surface area contributed by atoms with Crippen molar-refractivity contribution in [1.29, 1.82) is 0 Å². The Morgan fingerprint density at radius 1 is 1.21 bits per heavy atom. The minimum absolute atomic E-state index is 0.0316. The molecule has 2 aromatic carbocycles. The Morgan fingerprint density at radius 3 is 2.74 bits per heavy atom. The van der Waals surface area contributed by atoms with Crippen molar-refractivity contribution in [3.05, 3.63) is 68.9 Å². The lowest BCUT2D eigenvalue weighted by Gasteiger charge is -2.30. The molecule has 0 radical (unpaired) electrons. The smallest absolute Gasteiger partial charge is 0.326 e. The third-order valence-electron chi connectivity index (χ3n) is 5.92. The van der Waals surface area contributed by atoms with Crippen molar-refractivity contribution < 1.29 is 23.9 Å². The number of carbonyl (C=O) groups excluding carboxylic acids is 2. The molecule has 4 rings (SSSR count). The molecule has 3 aromatic rings. The predicted octanol–water partition coefficient (Wildman–Crippen LogP) is 3.86. The van der Waals surface area contributed by atoms with Gasteiger partial charge in [0, 0.05) is 24.0 Å². The second kappa shape index (κ2) is 10.0. The largest absolute Gasteiger partial charge is 0.480 e. The quantitative estimate of drug-likeness (QED) is 0.449. The van der Waals surface area contributed by atoms with Gasteiger partial charge in [-0.15, -0.1) is 0 Å². The molecule has 1 aromatic heterocycles. The first-order valence-electron chi connectivity index (χ1n) is 10.8. The summed E-state index contributed by atoms with van der Waals surface area (Å²) in [7, 11) is 0. The van der Waals surface area contributed by atoms with Gasteiger partial charge in [-0.3, -0.25) is 9.59 Å². The number of nitrogens with zero attached hydrogens (tertiary/aromatic N) is 1. The zero-order valence-electron chi connectivity index (χ0n) is 18.1. The number of hydrogen-bond acceptors (Lipinski definition) is 5. The Bertz CT molecular complexity index is 1270. The summed E-state index contributed by atoms with van der Waals surface area (Å²) in [6, 6.07) is 7.65. The van der Waals surface area contributed by atoms with Crippen LogP contribution in [-0.2, 0) is 17.8 Å². The summed E-state index contributed by atoms with van der Waals surface area (Å²) >= 11 is 13.0. The predicted molar refractivity (Wildman–Crippen MR) is 128 cm³/mol. The Balaban J connectivity index is 1.55. The summed E-state index contributed by atoms with van der Waals surface area (Å²) in [5.74, 6) is -1.97. The lowest BCUT2D eigenvalue weighted by molar-refractivity contribution is -0.139. The zero-order valence-corrected chi connectivity index (χ0v) is 19.7. The van der Waals surface area contributed by atoms with E-state index >= 15 is 0 Å². The fourth-order valence-corrected chi connectivity index (χ4v) is 4.88. The number of halogens is 2. The summed E-state index contributed by atoms with van der Waals surface area (Å²) < 4.78 is 5.40. The highest BCUT2D eigenvalue weighted by molar-refractivity contribution is 6.40. The summed E-state index contributed by atoms with van der Waals surface area (Å²) in [5, 5.41) is 13.0. The van der Waals surface area contributed by atoms with Gasteiger partial charge in [0.2, 0.25) is 0 Å². The van der Waals surface area contributed by atoms with Crippen LogP contribution in [0.5, 0.6) is 0 Å². The SMILES string of the molecule is NCCC[C@H](NC(=O)c1c(Cl)cc2c(c1Cl)CCN(C(=O)c1ccc3ccoc3c1)C2)C(=O)O. The molecular weight excluding hydrogens is 481 g/mol. The molecule has 0 unspecified atom stereocenters. The van der Waals surface area contributed by atoms with Gasteiger partial charge in [0.1, 0.15) is 11.6 Å². The molecule has 0 saturated carbocycles. The number of carboxylic acids is 1. The van der Waals surface area contributed by atoms with E-state index in [9.17, 15) is 19.5 Å². The second-order valence-corrected chi connectivity index (χ2v) is 8.92. The van der Waals surface area contributed by atoms with E-state index in [1.165, 1.54) is 0 Å². The Morgan fingerprint density at radius 2 is 2.00 bits per heavy atom. The fourth-order valence-electron chi connectivity index (χ4n) is 4.11. The van der Waals surface area contributed by atoms with Crippen molar-refractivity contribution in [2.24, 2.45) is 5.73 Å². The van der Waals surface area contributed by atoms with Gasteiger partial charge in [-0.2, -0.15) is 0 Å². The van der Waals surface area contributed by atoms with Gasteiger partial charge in [0.15, 0.2) is 0 Å². The lowest BCUT2D eigenvalue weighted by atomic mass is 9.95. The average molecular weight is 504 g/mol. The van der Waals surface area contributed by atoms with Gasteiger partial charge < -0.3 is 25.5 Å². The fraction of sp³-hybridized carbons (Fsp3) is 0.292. The van der Waals surface area contributed by atoms with Gasteiger partial charge in [0.25, 0.3) is 11.8 Å². The summed E-state index contributed by atoms with van der Waals surface area (Å²) in [6.07, 6.45) is 2.64. The molecule has 0 fully saturated rings.